The number of hydrogen-bond donors (Lipinski definition) is 2. The summed E-state index contributed by atoms with van der Waals surface area (Å²) in [6, 6.07) is 0.0576. The Balaban J connectivity index is 2.32. The molecule has 0 spiro atoms. The van der Waals surface area contributed by atoms with E-state index in [0.717, 1.165) is 13.0 Å². The molecule has 0 aromatic carbocycles. The minimum Gasteiger partial charge on any atom is -0.330 e. The predicted molar refractivity (Wildman–Crippen MR) is 53.4 cm³/mol. The van der Waals surface area contributed by atoms with Crippen molar-refractivity contribution in [2.45, 2.75) is 44.8 Å². The van der Waals surface area contributed by atoms with Crippen molar-refractivity contribution in [2.24, 2.45) is 11.7 Å². The Morgan fingerprint density at radius 1 is 1.62 bits per heavy atom. The molecule has 3 unspecified atom stereocenters. The Morgan fingerprint density at radius 3 is 3.00 bits per heavy atom. The molecule has 0 aromatic rings. The van der Waals surface area contributed by atoms with Crippen LogP contribution < -0.4 is 11.1 Å². The molecule has 2 nitrogen and oxygen atoms in total. The third-order valence-corrected chi connectivity index (χ3v) is 3.00. The summed E-state index contributed by atoms with van der Waals surface area (Å²) in [4.78, 5) is 0. The van der Waals surface area contributed by atoms with Crippen LogP contribution in [0.4, 0.5) is 4.39 Å². The van der Waals surface area contributed by atoms with Crippen LogP contribution in [0, 0.1) is 5.92 Å². The molecule has 13 heavy (non-hydrogen) atoms. The number of alkyl halides is 1. The first-order chi connectivity index (χ1) is 6.27. The molecule has 0 saturated carbocycles. The highest BCUT2D eigenvalue weighted by atomic mass is 19.1. The van der Waals surface area contributed by atoms with Gasteiger partial charge in [0, 0.05) is 6.04 Å². The van der Waals surface area contributed by atoms with Crippen molar-refractivity contribution in [1.29, 1.82) is 0 Å². The fraction of sp³-hybridized carbons (Fsp3) is 1.00. The molecule has 1 fully saturated rings. The van der Waals surface area contributed by atoms with E-state index in [1.807, 2.05) is 0 Å². The first-order valence-electron chi connectivity index (χ1n) is 5.35. The van der Waals surface area contributed by atoms with Crippen molar-refractivity contribution in [2.75, 3.05) is 13.1 Å². The number of piperidine rings is 1. The zero-order chi connectivity index (χ0) is 9.68. The van der Waals surface area contributed by atoms with Crippen molar-refractivity contribution < 1.29 is 4.39 Å². The SMILES string of the molecule is CCC1CCNC(C(F)CCN)C1. The molecule has 3 heteroatoms. The van der Waals surface area contributed by atoms with Crippen LogP contribution in [0.15, 0.2) is 0 Å². The highest BCUT2D eigenvalue weighted by Crippen LogP contribution is 2.22. The number of hydrogen-bond acceptors (Lipinski definition) is 2. The van der Waals surface area contributed by atoms with Crippen molar-refractivity contribution in [1.82, 2.24) is 5.32 Å². The van der Waals surface area contributed by atoms with Gasteiger partial charge in [-0.1, -0.05) is 13.3 Å². The summed E-state index contributed by atoms with van der Waals surface area (Å²) >= 11 is 0. The van der Waals surface area contributed by atoms with Crippen LogP contribution in [0.1, 0.15) is 32.6 Å². The van der Waals surface area contributed by atoms with Gasteiger partial charge in [0.2, 0.25) is 0 Å². The van der Waals surface area contributed by atoms with E-state index >= 15 is 0 Å². The maximum atomic E-state index is 13.5. The Labute approximate surface area is 80.1 Å². The molecule has 78 valence electrons. The summed E-state index contributed by atoms with van der Waals surface area (Å²) in [5.74, 6) is 0.710. The smallest absolute Gasteiger partial charge is 0.117 e. The molecule has 0 aromatic heterocycles. The van der Waals surface area contributed by atoms with Gasteiger partial charge in [-0.25, -0.2) is 4.39 Å². The van der Waals surface area contributed by atoms with E-state index in [0.29, 0.717) is 18.9 Å². The summed E-state index contributed by atoms with van der Waals surface area (Å²) in [7, 11) is 0. The fourth-order valence-electron chi connectivity index (χ4n) is 2.04. The molecule has 1 rings (SSSR count). The molecule has 0 amide bonds. The van der Waals surface area contributed by atoms with E-state index in [2.05, 4.69) is 12.2 Å². The van der Waals surface area contributed by atoms with Gasteiger partial charge in [-0.15, -0.1) is 0 Å². The standard InChI is InChI=1S/C10H21FN2/c1-2-8-4-6-13-10(7-8)9(11)3-5-12/h8-10,13H,2-7,12H2,1H3. The summed E-state index contributed by atoms with van der Waals surface area (Å²) < 4.78 is 13.5. The molecule has 1 aliphatic heterocycles. The zero-order valence-corrected chi connectivity index (χ0v) is 8.43. The lowest BCUT2D eigenvalue weighted by Gasteiger charge is -2.31. The van der Waals surface area contributed by atoms with Gasteiger partial charge < -0.3 is 11.1 Å². The normalized spacial score (nSPS) is 31.6. The second-order valence-corrected chi connectivity index (χ2v) is 3.95. The van der Waals surface area contributed by atoms with E-state index in [4.69, 9.17) is 5.73 Å². The second-order valence-electron chi connectivity index (χ2n) is 3.95. The van der Waals surface area contributed by atoms with Gasteiger partial charge in [-0.2, -0.15) is 0 Å². The van der Waals surface area contributed by atoms with Gasteiger partial charge in [0.15, 0.2) is 0 Å². The van der Waals surface area contributed by atoms with E-state index in [9.17, 15) is 4.39 Å². The Hall–Kier alpha value is -0.150. The summed E-state index contributed by atoms with van der Waals surface area (Å²) in [5, 5.41) is 3.24. The number of nitrogens with two attached hydrogens (primary N) is 1. The van der Waals surface area contributed by atoms with Crippen molar-refractivity contribution in [3.05, 3.63) is 0 Å². The molecule has 1 heterocycles. The summed E-state index contributed by atoms with van der Waals surface area (Å²) in [5.41, 5.74) is 5.34. The Morgan fingerprint density at radius 2 is 2.38 bits per heavy atom. The van der Waals surface area contributed by atoms with Crippen LogP contribution in [0.2, 0.25) is 0 Å². The van der Waals surface area contributed by atoms with Gasteiger partial charge in [-0.3, -0.25) is 0 Å². The lowest BCUT2D eigenvalue weighted by atomic mass is 9.88. The highest BCUT2D eigenvalue weighted by Gasteiger charge is 2.26. The van der Waals surface area contributed by atoms with Crippen molar-refractivity contribution >= 4 is 0 Å². The minimum atomic E-state index is -0.751. The molecular formula is C10H21FN2. The minimum absolute atomic E-state index is 0.0576. The second kappa shape index (κ2) is 5.55. The third-order valence-electron chi connectivity index (χ3n) is 3.00. The molecule has 0 radical (unpaired) electrons. The monoisotopic (exact) mass is 188 g/mol. The summed E-state index contributed by atoms with van der Waals surface area (Å²) in [6.45, 7) is 3.60. The first kappa shape index (κ1) is 10.9. The third kappa shape index (κ3) is 3.24. The number of rotatable bonds is 4. The molecular weight excluding hydrogens is 167 g/mol. The average Bonchev–Trinajstić information content (AvgIpc) is 2.18. The number of halogens is 1. The highest BCUT2D eigenvalue weighted by molar-refractivity contribution is 4.83. The summed E-state index contributed by atoms with van der Waals surface area (Å²) in [6.07, 6.45) is 3.10. The zero-order valence-electron chi connectivity index (χ0n) is 8.43. The van der Waals surface area contributed by atoms with Gasteiger partial charge in [0.05, 0.1) is 0 Å². The molecule has 3 atom stereocenters. The first-order valence-corrected chi connectivity index (χ1v) is 5.35. The maximum Gasteiger partial charge on any atom is 0.117 e. The molecule has 3 N–H and O–H groups in total. The maximum absolute atomic E-state index is 13.5. The van der Waals surface area contributed by atoms with Gasteiger partial charge >= 0.3 is 0 Å². The van der Waals surface area contributed by atoms with Crippen molar-refractivity contribution in [3.63, 3.8) is 0 Å². The van der Waals surface area contributed by atoms with Gasteiger partial charge in [0.25, 0.3) is 0 Å². The van der Waals surface area contributed by atoms with Gasteiger partial charge in [-0.05, 0) is 38.3 Å². The quantitative estimate of drug-likeness (QED) is 0.701. The fourth-order valence-corrected chi connectivity index (χ4v) is 2.04. The molecule has 0 aliphatic carbocycles. The predicted octanol–water partition coefficient (Wildman–Crippen LogP) is 1.45. The molecule has 1 aliphatic rings. The molecule has 1 saturated heterocycles. The van der Waals surface area contributed by atoms with E-state index < -0.39 is 6.17 Å². The van der Waals surface area contributed by atoms with Crippen LogP contribution in [0.25, 0.3) is 0 Å². The van der Waals surface area contributed by atoms with Gasteiger partial charge in [0.1, 0.15) is 6.17 Å². The van der Waals surface area contributed by atoms with Crippen LogP contribution in [0.3, 0.4) is 0 Å². The van der Waals surface area contributed by atoms with Crippen LogP contribution in [-0.2, 0) is 0 Å². The largest absolute Gasteiger partial charge is 0.330 e. The average molecular weight is 188 g/mol. The van der Waals surface area contributed by atoms with Crippen LogP contribution in [0.5, 0.6) is 0 Å². The lowest BCUT2D eigenvalue weighted by Crippen LogP contribution is -2.44. The molecule has 0 bridgehead atoms. The lowest BCUT2D eigenvalue weighted by molar-refractivity contribution is 0.176. The van der Waals surface area contributed by atoms with E-state index in [1.54, 1.807) is 0 Å². The topological polar surface area (TPSA) is 38.0 Å². The Bertz CT molecular complexity index is 141. The van der Waals surface area contributed by atoms with Crippen LogP contribution in [-0.4, -0.2) is 25.3 Å². The number of nitrogens with one attached hydrogen (secondary N) is 1. The Kier molecular flexibility index (Phi) is 4.67. The van der Waals surface area contributed by atoms with Crippen molar-refractivity contribution in [3.8, 4) is 0 Å². The van der Waals surface area contributed by atoms with E-state index in [1.165, 1.54) is 12.8 Å². The van der Waals surface area contributed by atoms with Crippen LogP contribution >= 0.6 is 0 Å². The van der Waals surface area contributed by atoms with E-state index in [-0.39, 0.29) is 6.04 Å².